The van der Waals surface area contributed by atoms with E-state index in [2.05, 4.69) is 19.1 Å². The number of aliphatic hydroxyl groups excluding tert-OH is 3. The summed E-state index contributed by atoms with van der Waals surface area (Å²) in [6.07, 6.45) is 23.2. The van der Waals surface area contributed by atoms with Crippen LogP contribution in [0.15, 0.2) is 12.2 Å². The Labute approximate surface area is 176 Å². The minimum atomic E-state index is -0.125. The van der Waals surface area contributed by atoms with Crippen molar-refractivity contribution in [3.8, 4) is 0 Å². The molecule has 3 N–H and O–H groups in total. The SMILES string of the molecule is CCCCCCCC/C=C\CCCCCCCCO.CCOCC.OCCO. The molecule has 4 heteroatoms. The van der Waals surface area contributed by atoms with Gasteiger partial charge in [-0.05, 0) is 46.0 Å². The normalized spacial score (nSPS) is 10.4. The first-order chi connectivity index (χ1) is 13.7. The second kappa shape index (κ2) is 37.3. The fourth-order valence-corrected chi connectivity index (χ4v) is 2.56. The predicted molar refractivity (Wildman–Crippen MR) is 123 cm³/mol. The summed E-state index contributed by atoms with van der Waals surface area (Å²) in [4.78, 5) is 0. The third kappa shape index (κ3) is 44.8. The lowest BCUT2D eigenvalue weighted by Gasteiger charge is -1.99. The highest BCUT2D eigenvalue weighted by molar-refractivity contribution is 4.81. The Morgan fingerprint density at radius 1 is 0.500 bits per heavy atom. The van der Waals surface area contributed by atoms with Crippen LogP contribution in [0.5, 0.6) is 0 Å². The lowest BCUT2D eigenvalue weighted by molar-refractivity contribution is 0.162. The van der Waals surface area contributed by atoms with Crippen LogP contribution in [0.3, 0.4) is 0 Å². The molecule has 0 aliphatic carbocycles. The van der Waals surface area contributed by atoms with Crippen molar-refractivity contribution in [1.29, 1.82) is 0 Å². The number of aliphatic hydroxyl groups is 3. The highest BCUT2D eigenvalue weighted by Crippen LogP contribution is 2.09. The van der Waals surface area contributed by atoms with Crippen LogP contribution < -0.4 is 0 Å². The summed E-state index contributed by atoms with van der Waals surface area (Å²) in [5.74, 6) is 0. The maximum Gasteiger partial charge on any atom is 0.0662 e. The Balaban J connectivity index is -0.000000575. The third-order valence-corrected chi connectivity index (χ3v) is 4.18. The molecule has 0 aromatic heterocycles. The lowest BCUT2D eigenvalue weighted by atomic mass is 10.1. The zero-order chi connectivity index (χ0) is 21.6. The van der Waals surface area contributed by atoms with E-state index >= 15 is 0 Å². The summed E-state index contributed by atoms with van der Waals surface area (Å²) in [6, 6.07) is 0. The molecule has 172 valence electrons. The van der Waals surface area contributed by atoms with Crippen molar-refractivity contribution in [2.75, 3.05) is 33.0 Å². The van der Waals surface area contributed by atoms with E-state index in [-0.39, 0.29) is 13.2 Å². The van der Waals surface area contributed by atoms with Gasteiger partial charge in [0.05, 0.1) is 13.2 Å². The first-order valence-corrected chi connectivity index (χ1v) is 11.8. The van der Waals surface area contributed by atoms with Crippen molar-refractivity contribution in [2.45, 2.75) is 111 Å². The van der Waals surface area contributed by atoms with Gasteiger partial charge in [-0.1, -0.05) is 76.9 Å². The van der Waals surface area contributed by atoms with Crippen molar-refractivity contribution in [2.24, 2.45) is 0 Å². The van der Waals surface area contributed by atoms with Crippen LogP contribution in [0.25, 0.3) is 0 Å². The zero-order valence-corrected chi connectivity index (χ0v) is 19.3. The molecule has 0 spiro atoms. The summed E-state index contributed by atoms with van der Waals surface area (Å²) in [6.45, 7) is 8.05. The van der Waals surface area contributed by atoms with E-state index in [0.29, 0.717) is 6.61 Å². The van der Waals surface area contributed by atoms with Crippen LogP contribution in [-0.4, -0.2) is 48.4 Å². The van der Waals surface area contributed by atoms with Gasteiger partial charge >= 0.3 is 0 Å². The standard InChI is InChI=1S/C18H36O.C4H10O.C2H6O2/c1-2-3-4-5-6-7-8-9-10-11-12-13-14-15-16-17-18-19;1-3-5-4-2;3-1-2-4/h9-10,19H,2-8,11-18H2,1H3;3-4H2,1-2H3;3-4H,1-2H2/b10-9-;;. The molecule has 0 radical (unpaired) electrons. The Bertz CT molecular complexity index is 241. The molecule has 0 aromatic rings. The molecule has 0 amide bonds. The average Bonchev–Trinajstić information content (AvgIpc) is 2.72. The smallest absolute Gasteiger partial charge is 0.0662 e. The molecule has 0 heterocycles. The number of ether oxygens (including phenoxy) is 1. The minimum Gasteiger partial charge on any atom is -0.396 e. The molecular weight excluding hydrogens is 352 g/mol. The van der Waals surface area contributed by atoms with Gasteiger partial charge in [0.2, 0.25) is 0 Å². The van der Waals surface area contributed by atoms with Gasteiger partial charge in [-0.2, -0.15) is 0 Å². The summed E-state index contributed by atoms with van der Waals surface area (Å²) in [5, 5.41) is 23.9. The van der Waals surface area contributed by atoms with E-state index in [1.165, 1.54) is 83.5 Å². The van der Waals surface area contributed by atoms with Crippen LogP contribution in [0.1, 0.15) is 111 Å². The molecule has 0 rings (SSSR count). The van der Waals surface area contributed by atoms with Gasteiger partial charge in [0.25, 0.3) is 0 Å². The van der Waals surface area contributed by atoms with E-state index in [1.807, 2.05) is 13.8 Å². The molecule has 4 nitrogen and oxygen atoms in total. The van der Waals surface area contributed by atoms with Gasteiger partial charge in [-0.25, -0.2) is 0 Å². The van der Waals surface area contributed by atoms with Crippen LogP contribution in [0.4, 0.5) is 0 Å². The third-order valence-electron chi connectivity index (χ3n) is 4.18. The molecule has 0 unspecified atom stereocenters. The lowest BCUT2D eigenvalue weighted by Crippen LogP contribution is -1.85. The van der Waals surface area contributed by atoms with Crippen molar-refractivity contribution in [1.82, 2.24) is 0 Å². The van der Waals surface area contributed by atoms with Gasteiger partial charge in [0.15, 0.2) is 0 Å². The second-order valence-electron chi connectivity index (χ2n) is 6.89. The van der Waals surface area contributed by atoms with Crippen molar-refractivity contribution >= 4 is 0 Å². The number of hydrogen-bond acceptors (Lipinski definition) is 4. The summed E-state index contributed by atoms with van der Waals surface area (Å²) >= 11 is 0. The van der Waals surface area contributed by atoms with Gasteiger partial charge in [0.1, 0.15) is 0 Å². The largest absolute Gasteiger partial charge is 0.396 e. The van der Waals surface area contributed by atoms with Crippen LogP contribution in [0.2, 0.25) is 0 Å². The van der Waals surface area contributed by atoms with Gasteiger partial charge < -0.3 is 20.1 Å². The number of hydrogen-bond donors (Lipinski definition) is 3. The van der Waals surface area contributed by atoms with Gasteiger partial charge in [-0.15, -0.1) is 0 Å². The molecule has 0 bridgehead atoms. The summed E-state index contributed by atoms with van der Waals surface area (Å²) < 4.78 is 4.83. The maximum absolute atomic E-state index is 8.66. The monoisotopic (exact) mass is 404 g/mol. The average molecular weight is 405 g/mol. The quantitative estimate of drug-likeness (QED) is 0.193. The van der Waals surface area contributed by atoms with E-state index in [9.17, 15) is 0 Å². The molecule has 28 heavy (non-hydrogen) atoms. The highest BCUT2D eigenvalue weighted by Gasteiger charge is 1.90. The Morgan fingerprint density at radius 2 is 0.893 bits per heavy atom. The van der Waals surface area contributed by atoms with Gasteiger partial charge in [-0.3, -0.25) is 0 Å². The van der Waals surface area contributed by atoms with E-state index < -0.39 is 0 Å². The Hall–Kier alpha value is -0.420. The first-order valence-electron chi connectivity index (χ1n) is 11.8. The highest BCUT2D eigenvalue weighted by atomic mass is 16.5. The fraction of sp³-hybridized carbons (Fsp3) is 0.917. The minimum absolute atomic E-state index is 0.125. The van der Waals surface area contributed by atoms with Crippen LogP contribution in [0, 0.1) is 0 Å². The molecule has 0 aromatic carbocycles. The molecule has 0 saturated heterocycles. The molecule has 0 fully saturated rings. The predicted octanol–water partition coefficient (Wildman–Crippen LogP) is 6.03. The molecule has 0 atom stereocenters. The summed E-state index contributed by atoms with van der Waals surface area (Å²) in [7, 11) is 0. The topological polar surface area (TPSA) is 69.9 Å². The maximum atomic E-state index is 8.66. The second-order valence-corrected chi connectivity index (χ2v) is 6.89. The van der Waals surface area contributed by atoms with Crippen LogP contribution >= 0.6 is 0 Å². The molecule has 0 aliphatic rings. The van der Waals surface area contributed by atoms with Crippen molar-refractivity contribution in [3.05, 3.63) is 12.2 Å². The van der Waals surface area contributed by atoms with Crippen molar-refractivity contribution in [3.63, 3.8) is 0 Å². The Morgan fingerprint density at radius 3 is 1.21 bits per heavy atom. The fourth-order valence-electron chi connectivity index (χ4n) is 2.56. The van der Waals surface area contributed by atoms with Gasteiger partial charge in [0, 0.05) is 19.8 Å². The molecule has 0 saturated carbocycles. The number of rotatable bonds is 18. The number of allylic oxidation sites excluding steroid dienone is 2. The molecule has 0 aliphatic heterocycles. The molecular formula is C24H52O4. The number of unbranched alkanes of at least 4 members (excludes halogenated alkanes) is 12. The van der Waals surface area contributed by atoms with E-state index in [1.54, 1.807) is 0 Å². The van der Waals surface area contributed by atoms with E-state index in [4.69, 9.17) is 20.1 Å². The first kappa shape index (κ1) is 32.3. The summed E-state index contributed by atoms with van der Waals surface area (Å²) in [5.41, 5.74) is 0. The Kier molecular flexibility index (Phi) is 43.0. The van der Waals surface area contributed by atoms with E-state index in [0.717, 1.165) is 19.6 Å². The van der Waals surface area contributed by atoms with Crippen molar-refractivity contribution < 1.29 is 20.1 Å². The zero-order valence-electron chi connectivity index (χ0n) is 19.3. The van der Waals surface area contributed by atoms with Crippen LogP contribution in [-0.2, 0) is 4.74 Å².